The summed E-state index contributed by atoms with van der Waals surface area (Å²) in [6.45, 7) is 7.58. The first-order chi connectivity index (χ1) is 9.11. The van der Waals surface area contributed by atoms with Gasteiger partial charge in [0.1, 0.15) is 0 Å². The lowest BCUT2D eigenvalue weighted by Crippen LogP contribution is -2.59. The van der Waals surface area contributed by atoms with Crippen molar-refractivity contribution >= 4 is 0 Å². The van der Waals surface area contributed by atoms with Crippen LogP contribution >= 0.6 is 0 Å². The fourth-order valence-electron chi connectivity index (χ4n) is 2.99. The Morgan fingerprint density at radius 3 is 2.26 bits per heavy atom. The minimum atomic E-state index is 0.459. The van der Waals surface area contributed by atoms with Gasteiger partial charge in [0, 0.05) is 37.8 Å². The summed E-state index contributed by atoms with van der Waals surface area (Å²) in [5.74, 6) is 0. The van der Waals surface area contributed by atoms with E-state index in [4.69, 9.17) is 5.73 Å². The van der Waals surface area contributed by atoms with Crippen LogP contribution in [0.5, 0.6) is 0 Å². The molecule has 0 saturated carbocycles. The Morgan fingerprint density at radius 1 is 1.16 bits per heavy atom. The second-order valence-corrected chi connectivity index (χ2v) is 5.90. The molecule has 106 valence electrons. The van der Waals surface area contributed by atoms with Crippen LogP contribution in [0.15, 0.2) is 30.3 Å². The summed E-state index contributed by atoms with van der Waals surface area (Å²) >= 11 is 0. The van der Waals surface area contributed by atoms with Crippen molar-refractivity contribution in [3.05, 3.63) is 35.9 Å². The number of benzene rings is 1. The summed E-state index contributed by atoms with van der Waals surface area (Å²) in [7, 11) is 2.22. The highest BCUT2D eigenvalue weighted by Crippen LogP contribution is 2.17. The molecule has 1 aliphatic rings. The lowest BCUT2D eigenvalue weighted by atomic mass is 10.0. The van der Waals surface area contributed by atoms with Gasteiger partial charge in [0.25, 0.3) is 0 Å². The normalized spacial score (nSPS) is 27.4. The molecule has 0 aromatic heterocycles. The van der Waals surface area contributed by atoms with Gasteiger partial charge in [0.05, 0.1) is 0 Å². The Labute approximate surface area is 117 Å². The van der Waals surface area contributed by atoms with E-state index in [1.807, 2.05) is 0 Å². The molecule has 1 fully saturated rings. The molecule has 1 saturated heterocycles. The van der Waals surface area contributed by atoms with Gasteiger partial charge in [0.2, 0.25) is 0 Å². The highest BCUT2D eigenvalue weighted by atomic mass is 15.3. The van der Waals surface area contributed by atoms with E-state index in [0.29, 0.717) is 18.1 Å². The maximum absolute atomic E-state index is 6.02. The van der Waals surface area contributed by atoms with E-state index in [1.165, 1.54) is 5.56 Å². The lowest BCUT2D eigenvalue weighted by Gasteiger charge is -2.45. The SMILES string of the molecule is CC1CN(C(CN)Cc2ccccc2)CC(C)N1C. The molecule has 1 aromatic carbocycles. The standard InChI is InChI=1S/C16H27N3/c1-13-11-19(12-14(2)18(13)3)16(10-17)9-15-7-5-4-6-8-15/h4-8,13-14,16H,9-12,17H2,1-3H3. The van der Waals surface area contributed by atoms with Crippen LogP contribution in [0.3, 0.4) is 0 Å². The van der Waals surface area contributed by atoms with E-state index in [9.17, 15) is 0 Å². The van der Waals surface area contributed by atoms with Crippen LogP contribution in [0.2, 0.25) is 0 Å². The molecule has 19 heavy (non-hydrogen) atoms. The van der Waals surface area contributed by atoms with Gasteiger partial charge in [-0.3, -0.25) is 9.80 Å². The number of nitrogens with zero attached hydrogens (tertiary/aromatic N) is 2. The molecule has 0 radical (unpaired) electrons. The molecular weight excluding hydrogens is 234 g/mol. The van der Waals surface area contributed by atoms with Crippen molar-refractivity contribution < 1.29 is 0 Å². The van der Waals surface area contributed by atoms with Crippen LogP contribution in [0.4, 0.5) is 0 Å². The predicted octanol–water partition coefficient (Wildman–Crippen LogP) is 1.58. The third-order valence-electron chi connectivity index (χ3n) is 4.49. The fourth-order valence-corrected chi connectivity index (χ4v) is 2.99. The quantitative estimate of drug-likeness (QED) is 0.893. The van der Waals surface area contributed by atoms with E-state index >= 15 is 0 Å². The monoisotopic (exact) mass is 261 g/mol. The topological polar surface area (TPSA) is 32.5 Å². The van der Waals surface area contributed by atoms with Gasteiger partial charge in [-0.1, -0.05) is 30.3 Å². The molecular formula is C16H27N3. The van der Waals surface area contributed by atoms with Gasteiger partial charge in [-0.05, 0) is 32.9 Å². The van der Waals surface area contributed by atoms with Crippen molar-refractivity contribution in [2.45, 2.75) is 38.4 Å². The zero-order chi connectivity index (χ0) is 13.8. The van der Waals surface area contributed by atoms with Gasteiger partial charge in [0.15, 0.2) is 0 Å². The van der Waals surface area contributed by atoms with Gasteiger partial charge in [-0.2, -0.15) is 0 Å². The molecule has 1 aliphatic heterocycles. The number of hydrogen-bond acceptors (Lipinski definition) is 3. The third-order valence-corrected chi connectivity index (χ3v) is 4.49. The van der Waals surface area contributed by atoms with E-state index in [2.05, 4.69) is 61.0 Å². The summed E-state index contributed by atoms with van der Waals surface area (Å²) in [6, 6.07) is 12.4. The molecule has 0 amide bonds. The first-order valence-electron chi connectivity index (χ1n) is 7.31. The Balaban J connectivity index is 2.02. The molecule has 3 heteroatoms. The van der Waals surface area contributed by atoms with E-state index in [0.717, 1.165) is 26.1 Å². The minimum Gasteiger partial charge on any atom is -0.329 e. The number of hydrogen-bond donors (Lipinski definition) is 1. The maximum Gasteiger partial charge on any atom is 0.0260 e. The molecule has 0 aliphatic carbocycles. The van der Waals surface area contributed by atoms with Crippen molar-refractivity contribution in [1.29, 1.82) is 0 Å². The first-order valence-corrected chi connectivity index (χ1v) is 7.31. The Kier molecular flexibility index (Phi) is 4.97. The number of nitrogens with two attached hydrogens (primary N) is 1. The highest BCUT2D eigenvalue weighted by molar-refractivity contribution is 5.16. The zero-order valence-corrected chi connectivity index (χ0v) is 12.4. The van der Waals surface area contributed by atoms with Crippen molar-refractivity contribution in [2.24, 2.45) is 5.73 Å². The number of rotatable bonds is 4. The molecule has 0 spiro atoms. The maximum atomic E-state index is 6.02. The Bertz CT molecular complexity index is 367. The number of piperazine rings is 1. The molecule has 0 bridgehead atoms. The van der Waals surface area contributed by atoms with Crippen molar-refractivity contribution in [1.82, 2.24) is 9.80 Å². The van der Waals surface area contributed by atoms with Crippen molar-refractivity contribution in [3.63, 3.8) is 0 Å². The van der Waals surface area contributed by atoms with Gasteiger partial charge >= 0.3 is 0 Å². The molecule has 1 heterocycles. The second kappa shape index (κ2) is 6.51. The van der Waals surface area contributed by atoms with E-state index in [1.54, 1.807) is 0 Å². The van der Waals surface area contributed by atoms with Gasteiger partial charge < -0.3 is 5.73 Å². The van der Waals surface area contributed by atoms with Crippen molar-refractivity contribution in [2.75, 3.05) is 26.7 Å². The minimum absolute atomic E-state index is 0.459. The van der Waals surface area contributed by atoms with Crippen molar-refractivity contribution in [3.8, 4) is 0 Å². The molecule has 3 atom stereocenters. The predicted molar refractivity (Wildman–Crippen MR) is 81.2 cm³/mol. The van der Waals surface area contributed by atoms with Crippen LogP contribution in [-0.2, 0) is 6.42 Å². The fraction of sp³-hybridized carbons (Fsp3) is 0.625. The van der Waals surface area contributed by atoms with Gasteiger partial charge in [-0.25, -0.2) is 0 Å². The summed E-state index contributed by atoms with van der Waals surface area (Å²) in [5.41, 5.74) is 7.41. The van der Waals surface area contributed by atoms with Crippen LogP contribution in [0.25, 0.3) is 0 Å². The lowest BCUT2D eigenvalue weighted by molar-refractivity contribution is 0.0357. The zero-order valence-electron chi connectivity index (χ0n) is 12.4. The smallest absolute Gasteiger partial charge is 0.0260 e. The average molecular weight is 261 g/mol. The summed E-state index contributed by atoms with van der Waals surface area (Å²) in [4.78, 5) is 5.04. The van der Waals surface area contributed by atoms with Gasteiger partial charge in [-0.15, -0.1) is 0 Å². The molecule has 3 unspecified atom stereocenters. The molecule has 3 nitrogen and oxygen atoms in total. The largest absolute Gasteiger partial charge is 0.329 e. The highest BCUT2D eigenvalue weighted by Gasteiger charge is 2.30. The Morgan fingerprint density at radius 2 is 1.74 bits per heavy atom. The Hall–Kier alpha value is -0.900. The van der Waals surface area contributed by atoms with E-state index < -0.39 is 0 Å². The third kappa shape index (κ3) is 3.56. The summed E-state index contributed by atoms with van der Waals surface area (Å²) in [5, 5.41) is 0. The summed E-state index contributed by atoms with van der Waals surface area (Å²) in [6.07, 6.45) is 1.06. The van der Waals surface area contributed by atoms with Crippen LogP contribution in [0.1, 0.15) is 19.4 Å². The molecule has 1 aromatic rings. The first kappa shape index (κ1) is 14.5. The number of likely N-dealkylation sites (N-methyl/N-ethyl adjacent to an activating group) is 1. The van der Waals surface area contributed by atoms with Crippen LogP contribution < -0.4 is 5.73 Å². The van der Waals surface area contributed by atoms with E-state index in [-0.39, 0.29) is 0 Å². The average Bonchev–Trinajstić information content (AvgIpc) is 2.42. The summed E-state index contributed by atoms with van der Waals surface area (Å²) < 4.78 is 0. The molecule has 2 N–H and O–H groups in total. The second-order valence-electron chi connectivity index (χ2n) is 5.90. The van der Waals surface area contributed by atoms with Crippen LogP contribution in [-0.4, -0.2) is 54.6 Å². The molecule has 2 rings (SSSR count). The van der Waals surface area contributed by atoms with Crippen LogP contribution in [0, 0.1) is 0 Å².